The molecule has 3 rings (SSSR count). The molecule has 0 N–H and O–H groups in total. The zero-order chi connectivity index (χ0) is 17.3. The quantitative estimate of drug-likeness (QED) is 0.685. The van der Waals surface area contributed by atoms with E-state index in [9.17, 15) is 4.79 Å². The van der Waals surface area contributed by atoms with E-state index in [0.29, 0.717) is 11.4 Å². The Morgan fingerprint density at radius 1 is 1.21 bits per heavy atom. The molecule has 7 heteroatoms. The van der Waals surface area contributed by atoms with Crippen molar-refractivity contribution in [3.63, 3.8) is 0 Å². The van der Waals surface area contributed by atoms with Crippen LogP contribution in [0.5, 0.6) is 0 Å². The molecule has 1 unspecified atom stereocenters. The first-order valence-corrected chi connectivity index (χ1v) is 7.59. The van der Waals surface area contributed by atoms with Crippen molar-refractivity contribution >= 4 is 5.97 Å². The fourth-order valence-corrected chi connectivity index (χ4v) is 2.39. The molecule has 7 nitrogen and oxygen atoms in total. The topological polar surface area (TPSA) is 83.0 Å². The molecule has 124 valence electrons. The molecule has 3 aromatic rings. The number of hydrogen-bond acceptors (Lipinski definition) is 6. The largest absolute Gasteiger partial charge is 0.449 e. The van der Waals surface area contributed by atoms with Crippen molar-refractivity contribution in [3.05, 3.63) is 59.0 Å². The number of hydrogen-bond donors (Lipinski definition) is 0. The van der Waals surface area contributed by atoms with Crippen molar-refractivity contribution in [2.45, 2.75) is 33.8 Å². The maximum atomic E-state index is 12.2. The minimum atomic E-state index is -0.602. The molecule has 2 heterocycles. The van der Waals surface area contributed by atoms with Gasteiger partial charge in [-0.25, -0.2) is 9.48 Å². The van der Waals surface area contributed by atoms with Gasteiger partial charge in [0.2, 0.25) is 0 Å². The van der Waals surface area contributed by atoms with Crippen LogP contribution in [0.25, 0.3) is 5.69 Å². The molecule has 2 aromatic heterocycles. The minimum Gasteiger partial charge on any atom is -0.449 e. The van der Waals surface area contributed by atoms with E-state index < -0.39 is 12.1 Å². The monoisotopic (exact) mass is 326 g/mol. The normalized spacial score (nSPS) is 12.2. The van der Waals surface area contributed by atoms with Gasteiger partial charge in [-0.05, 0) is 58.0 Å². The Morgan fingerprint density at radius 3 is 2.46 bits per heavy atom. The number of carbonyl (C=O) groups is 1. The van der Waals surface area contributed by atoms with Gasteiger partial charge in [0, 0.05) is 5.69 Å². The van der Waals surface area contributed by atoms with E-state index in [1.807, 2.05) is 36.7 Å². The summed E-state index contributed by atoms with van der Waals surface area (Å²) in [7, 11) is 0. The van der Waals surface area contributed by atoms with Crippen molar-refractivity contribution in [1.29, 1.82) is 0 Å². The van der Waals surface area contributed by atoms with Gasteiger partial charge >= 0.3 is 5.97 Å². The van der Waals surface area contributed by atoms with Crippen LogP contribution in [0, 0.1) is 20.8 Å². The van der Waals surface area contributed by atoms with E-state index in [0.717, 1.165) is 17.1 Å². The summed E-state index contributed by atoms with van der Waals surface area (Å²) in [5, 5.41) is 8.10. The van der Waals surface area contributed by atoms with Crippen LogP contribution in [0.3, 0.4) is 0 Å². The Kier molecular flexibility index (Phi) is 4.16. The van der Waals surface area contributed by atoms with Gasteiger partial charge in [-0.15, -0.1) is 0 Å². The molecule has 0 bridgehead atoms. The third kappa shape index (κ3) is 3.19. The summed E-state index contributed by atoms with van der Waals surface area (Å²) in [6, 6.07) is 9.07. The van der Waals surface area contributed by atoms with Crippen LogP contribution in [0.1, 0.15) is 46.5 Å². The smallest absolute Gasteiger partial charge is 0.338 e. The first-order valence-electron chi connectivity index (χ1n) is 7.59. The SMILES string of the molecule is Cc1cc(C)n(-c2ccc(C(=O)OC(C)c3nc(C)no3)cc2)n1. The third-order valence-corrected chi connectivity index (χ3v) is 3.53. The highest BCUT2D eigenvalue weighted by molar-refractivity contribution is 5.89. The van der Waals surface area contributed by atoms with Gasteiger partial charge in [0.05, 0.1) is 16.9 Å². The van der Waals surface area contributed by atoms with Crippen LogP contribution in [-0.4, -0.2) is 25.9 Å². The molecule has 0 spiro atoms. The van der Waals surface area contributed by atoms with Gasteiger partial charge in [-0.1, -0.05) is 5.16 Å². The Labute approximate surface area is 139 Å². The molecule has 0 radical (unpaired) electrons. The standard InChI is InChI=1S/C17H18N4O3/c1-10-9-11(2)21(19-10)15-7-5-14(6-8-15)17(22)23-12(3)16-18-13(4)20-24-16/h5-9,12H,1-4H3. The highest BCUT2D eigenvalue weighted by atomic mass is 16.6. The number of benzene rings is 1. The lowest BCUT2D eigenvalue weighted by atomic mass is 10.2. The summed E-state index contributed by atoms with van der Waals surface area (Å²) in [6.45, 7) is 7.32. The minimum absolute atomic E-state index is 0.278. The van der Waals surface area contributed by atoms with Gasteiger partial charge in [0.25, 0.3) is 5.89 Å². The fourth-order valence-electron chi connectivity index (χ4n) is 2.39. The van der Waals surface area contributed by atoms with Crippen LogP contribution >= 0.6 is 0 Å². The zero-order valence-electron chi connectivity index (χ0n) is 14.0. The molecule has 0 amide bonds. The predicted molar refractivity (Wildman–Crippen MR) is 85.9 cm³/mol. The lowest BCUT2D eigenvalue weighted by Crippen LogP contribution is -2.10. The van der Waals surface area contributed by atoms with Crippen molar-refractivity contribution < 1.29 is 14.1 Å². The molecule has 0 aliphatic heterocycles. The molecule has 0 fully saturated rings. The average Bonchev–Trinajstić information content (AvgIpc) is 3.13. The average molecular weight is 326 g/mol. The van der Waals surface area contributed by atoms with Crippen LogP contribution in [0.4, 0.5) is 0 Å². The maximum Gasteiger partial charge on any atom is 0.338 e. The van der Waals surface area contributed by atoms with E-state index in [2.05, 4.69) is 15.2 Å². The van der Waals surface area contributed by atoms with Crippen molar-refractivity contribution in [1.82, 2.24) is 19.9 Å². The molecular formula is C17H18N4O3. The van der Waals surface area contributed by atoms with Crippen molar-refractivity contribution in [3.8, 4) is 5.69 Å². The van der Waals surface area contributed by atoms with Crippen LogP contribution < -0.4 is 0 Å². The van der Waals surface area contributed by atoms with Crippen LogP contribution in [-0.2, 0) is 4.74 Å². The molecule has 0 saturated heterocycles. The third-order valence-electron chi connectivity index (χ3n) is 3.53. The highest BCUT2D eigenvalue weighted by Gasteiger charge is 2.19. The van der Waals surface area contributed by atoms with Crippen LogP contribution in [0.2, 0.25) is 0 Å². The Bertz CT molecular complexity index is 864. The second-order valence-corrected chi connectivity index (χ2v) is 5.61. The van der Waals surface area contributed by atoms with Crippen molar-refractivity contribution in [2.24, 2.45) is 0 Å². The Morgan fingerprint density at radius 2 is 1.92 bits per heavy atom. The van der Waals surface area contributed by atoms with E-state index >= 15 is 0 Å². The van der Waals surface area contributed by atoms with Gasteiger partial charge in [-0.3, -0.25) is 0 Å². The summed E-state index contributed by atoms with van der Waals surface area (Å²) in [5.41, 5.74) is 3.31. The maximum absolute atomic E-state index is 12.2. The summed E-state index contributed by atoms with van der Waals surface area (Å²) in [4.78, 5) is 16.3. The fraction of sp³-hybridized carbons (Fsp3) is 0.294. The molecular weight excluding hydrogens is 308 g/mol. The van der Waals surface area contributed by atoms with Crippen molar-refractivity contribution in [2.75, 3.05) is 0 Å². The number of aromatic nitrogens is 4. The number of aryl methyl sites for hydroxylation is 3. The summed E-state index contributed by atoms with van der Waals surface area (Å²) in [5.74, 6) is 0.334. The van der Waals surface area contributed by atoms with Gasteiger partial charge in [-0.2, -0.15) is 10.1 Å². The molecule has 1 atom stereocenters. The predicted octanol–water partition coefficient (Wildman–Crippen LogP) is 3.10. The lowest BCUT2D eigenvalue weighted by molar-refractivity contribution is 0.0265. The Hall–Kier alpha value is -2.96. The summed E-state index contributed by atoms with van der Waals surface area (Å²) in [6.07, 6.45) is -0.602. The van der Waals surface area contributed by atoms with Crippen LogP contribution in [0.15, 0.2) is 34.9 Å². The van der Waals surface area contributed by atoms with E-state index in [-0.39, 0.29) is 5.89 Å². The molecule has 1 aromatic carbocycles. The molecule has 24 heavy (non-hydrogen) atoms. The first kappa shape index (κ1) is 15.9. The first-order chi connectivity index (χ1) is 11.4. The summed E-state index contributed by atoms with van der Waals surface area (Å²) < 4.78 is 12.2. The highest BCUT2D eigenvalue weighted by Crippen LogP contribution is 2.18. The Balaban J connectivity index is 1.73. The molecule has 0 aliphatic carbocycles. The second-order valence-electron chi connectivity index (χ2n) is 5.61. The number of rotatable bonds is 4. The van der Waals surface area contributed by atoms with Gasteiger partial charge in [0.1, 0.15) is 0 Å². The van der Waals surface area contributed by atoms with Gasteiger partial charge < -0.3 is 9.26 Å². The molecule has 0 saturated carbocycles. The summed E-state index contributed by atoms with van der Waals surface area (Å²) >= 11 is 0. The second kappa shape index (κ2) is 6.27. The van der Waals surface area contributed by atoms with E-state index in [1.54, 1.807) is 26.0 Å². The molecule has 0 aliphatic rings. The lowest BCUT2D eigenvalue weighted by Gasteiger charge is -2.10. The number of ether oxygens (including phenoxy) is 1. The van der Waals surface area contributed by atoms with E-state index in [1.165, 1.54) is 0 Å². The number of esters is 1. The number of nitrogens with zero attached hydrogens (tertiary/aromatic N) is 4. The van der Waals surface area contributed by atoms with Gasteiger partial charge in [0.15, 0.2) is 11.9 Å². The zero-order valence-corrected chi connectivity index (χ0v) is 14.0. The number of carbonyl (C=O) groups excluding carboxylic acids is 1. The van der Waals surface area contributed by atoms with E-state index in [4.69, 9.17) is 9.26 Å².